The first-order chi connectivity index (χ1) is 11.1. The average molecular weight is 338 g/mol. The lowest BCUT2D eigenvalue weighted by atomic mass is 10.1. The lowest BCUT2D eigenvalue weighted by molar-refractivity contribution is 0.0163. The summed E-state index contributed by atoms with van der Waals surface area (Å²) in [5.74, 6) is 0.227. The molecule has 0 bridgehead atoms. The van der Waals surface area contributed by atoms with Gasteiger partial charge in [-0.25, -0.2) is 4.79 Å². The Morgan fingerprint density at radius 3 is 2.54 bits per heavy atom. The molecule has 3 N–H and O–H groups in total. The Bertz CT molecular complexity index is 526. The Labute approximate surface area is 144 Å². The number of hydrogen-bond donors (Lipinski definition) is 3. The molecule has 136 valence electrons. The van der Waals surface area contributed by atoms with Crippen molar-refractivity contribution in [1.29, 1.82) is 0 Å². The number of phenolic OH excluding ortho intramolecular Hbond substituents is 1. The van der Waals surface area contributed by atoms with Gasteiger partial charge in [0.05, 0.1) is 6.10 Å². The lowest BCUT2D eigenvalue weighted by Crippen LogP contribution is -2.43. The third-order valence-corrected chi connectivity index (χ3v) is 3.34. The standard InChI is InChI=1S/C18H30N2O4/c1-13(21)12-20(17(23)24-18(3,4)5)10-9-19-14(2)15-7-6-8-16(22)11-15/h6-8,11,13-14,19,21-22H,9-10,12H2,1-5H3. The van der Waals surface area contributed by atoms with Crippen LogP contribution in [0.25, 0.3) is 0 Å². The van der Waals surface area contributed by atoms with Crippen molar-refractivity contribution in [2.45, 2.75) is 52.4 Å². The third kappa shape index (κ3) is 7.66. The summed E-state index contributed by atoms with van der Waals surface area (Å²) in [5.41, 5.74) is 0.394. The van der Waals surface area contributed by atoms with E-state index in [1.54, 1.807) is 25.1 Å². The van der Waals surface area contributed by atoms with E-state index in [1.165, 1.54) is 4.90 Å². The van der Waals surface area contributed by atoms with Crippen LogP contribution < -0.4 is 5.32 Å². The van der Waals surface area contributed by atoms with Crippen LogP contribution in [0.5, 0.6) is 5.75 Å². The van der Waals surface area contributed by atoms with Gasteiger partial charge in [0.15, 0.2) is 0 Å². The second-order valence-electron chi connectivity index (χ2n) is 7.05. The molecule has 0 aliphatic heterocycles. The zero-order valence-corrected chi connectivity index (χ0v) is 15.2. The van der Waals surface area contributed by atoms with Crippen LogP contribution in [0, 0.1) is 0 Å². The molecule has 0 spiro atoms. The predicted octanol–water partition coefficient (Wildman–Crippen LogP) is 2.66. The van der Waals surface area contributed by atoms with Crippen LogP contribution in [-0.2, 0) is 4.74 Å². The maximum atomic E-state index is 12.2. The number of aliphatic hydroxyl groups excluding tert-OH is 1. The summed E-state index contributed by atoms with van der Waals surface area (Å²) >= 11 is 0. The number of phenols is 1. The van der Waals surface area contributed by atoms with E-state index in [-0.39, 0.29) is 18.3 Å². The van der Waals surface area contributed by atoms with Crippen molar-refractivity contribution in [1.82, 2.24) is 10.2 Å². The number of carbonyl (C=O) groups excluding carboxylic acids is 1. The SMILES string of the molecule is CC(O)CN(CCNC(C)c1cccc(O)c1)C(=O)OC(C)(C)C. The fraction of sp³-hybridized carbons (Fsp3) is 0.611. The van der Waals surface area contributed by atoms with Gasteiger partial charge in [0.25, 0.3) is 0 Å². The molecule has 0 radical (unpaired) electrons. The molecule has 0 heterocycles. The number of hydrogen-bond acceptors (Lipinski definition) is 5. The number of amides is 1. The van der Waals surface area contributed by atoms with Gasteiger partial charge in [-0.2, -0.15) is 0 Å². The maximum Gasteiger partial charge on any atom is 0.410 e. The van der Waals surface area contributed by atoms with E-state index in [0.29, 0.717) is 13.1 Å². The van der Waals surface area contributed by atoms with Crippen LogP contribution in [0.3, 0.4) is 0 Å². The molecule has 1 aromatic rings. The highest BCUT2D eigenvalue weighted by atomic mass is 16.6. The molecule has 0 aliphatic carbocycles. The number of nitrogens with one attached hydrogen (secondary N) is 1. The molecule has 6 heteroatoms. The van der Waals surface area contributed by atoms with Crippen molar-refractivity contribution in [3.8, 4) is 5.75 Å². The largest absolute Gasteiger partial charge is 0.508 e. The highest BCUT2D eigenvalue weighted by Gasteiger charge is 2.23. The minimum atomic E-state index is -0.624. The van der Waals surface area contributed by atoms with Crippen LogP contribution in [0.15, 0.2) is 24.3 Å². The van der Waals surface area contributed by atoms with Gasteiger partial charge < -0.3 is 25.2 Å². The lowest BCUT2D eigenvalue weighted by Gasteiger charge is -2.28. The van der Waals surface area contributed by atoms with Gasteiger partial charge in [-0.3, -0.25) is 0 Å². The van der Waals surface area contributed by atoms with Gasteiger partial charge in [0.2, 0.25) is 0 Å². The number of aliphatic hydroxyl groups is 1. The quantitative estimate of drug-likeness (QED) is 0.712. The highest BCUT2D eigenvalue weighted by Crippen LogP contribution is 2.17. The van der Waals surface area contributed by atoms with Crippen molar-refractivity contribution < 1.29 is 19.7 Å². The molecule has 0 saturated carbocycles. The minimum Gasteiger partial charge on any atom is -0.508 e. The number of rotatable bonds is 7. The Balaban J connectivity index is 2.56. The molecule has 0 aliphatic rings. The van der Waals surface area contributed by atoms with E-state index >= 15 is 0 Å². The van der Waals surface area contributed by atoms with Gasteiger partial charge in [-0.05, 0) is 52.3 Å². The van der Waals surface area contributed by atoms with Crippen molar-refractivity contribution in [3.05, 3.63) is 29.8 Å². The van der Waals surface area contributed by atoms with E-state index < -0.39 is 17.8 Å². The third-order valence-electron chi connectivity index (χ3n) is 3.34. The first-order valence-electron chi connectivity index (χ1n) is 8.27. The van der Waals surface area contributed by atoms with E-state index in [0.717, 1.165) is 5.56 Å². The smallest absolute Gasteiger partial charge is 0.410 e. The summed E-state index contributed by atoms with van der Waals surface area (Å²) in [6, 6.07) is 7.09. The monoisotopic (exact) mass is 338 g/mol. The second kappa shape index (κ2) is 8.89. The van der Waals surface area contributed by atoms with Gasteiger partial charge >= 0.3 is 6.09 Å². The summed E-state index contributed by atoms with van der Waals surface area (Å²) in [4.78, 5) is 13.7. The molecule has 1 amide bonds. The number of ether oxygens (including phenoxy) is 1. The van der Waals surface area contributed by atoms with Crippen molar-refractivity contribution >= 4 is 6.09 Å². The Kier molecular flexibility index (Phi) is 7.51. The van der Waals surface area contributed by atoms with Gasteiger partial charge in [-0.15, -0.1) is 0 Å². The second-order valence-corrected chi connectivity index (χ2v) is 7.05. The first kappa shape index (κ1) is 20.3. The summed E-state index contributed by atoms with van der Waals surface area (Å²) in [6.07, 6.45) is -1.06. The fourth-order valence-corrected chi connectivity index (χ4v) is 2.23. The maximum absolute atomic E-state index is 12.2. The molecule has 6 nitrogen and oxygen atoms in total. The molecule has 2 atom stereocenters. The van der Waals surface area contributed by atoms with Crippen LogP contribution in [0.1, 0.15) is 46.2 Å². The van der Waals surface area contributed by atoms with Gasteiger partial charge in [0.1, 0.15) is 11.4 Å². The fourth-order valence-electron chi connectivity index (χ4n) is 2.23. The van der Waals surface area contributed by atoms with Crippen LogP contribution in [-0.4, -0.2) is 52.5 Å². The van der Waals surface area contributed by atoms with Crippen LogP contribution >= 0.6 is 0 Å². The summed E-state index contributed by atoms with van der Waals surface area (Å²) in [5, 5.41) is 22.4. The molecule has 2 unspecified atom stereocenters. The molecule has 0 saturated heterocycles. The number of carbonyl (C=O) groups is 1. The molecule has 24 heavy (non-hydrogen) atoms. The molecule has 1 aromatic carbocycles. The first-order valence-corrected chi connectivity index (χ1v) is 8.27. The predicted molar refractivity (Wildman–Crippen MR) is 94.0 cm³/mol. The summed E-state index contributed by atoms with van der Waals surface area (Å²) < 4.78 is 5.37. The van der Waals surface area contributed by atoms with E-state index in [9.17, 15) is 15.0 Å². The van der Waals surface area contributed by atoms with Crippen molar-refractivity contribution in [2.24, 2.45) is 0 Å². The molecule has 1 rings (SSSR count). The highest BCUT2D eigenvalue weighted by molar-refractivity contribution is 5.68. The molecular formula is C18H30N2O4. The number of nitrogens with zero attached hydrogens (tertiary/aromatic N) is 1. The van der Waals surface area contributed by atoms with E-state index in [1.807, 2.05) is 33.8 Å². The van der Waals surface area contributed by atoms with Crippen molar-refractivity contribution in [2.75, 3.05) is 19.6 Å². The topological polar surface area (TPSA) is 82.0 Å². The summed E-state index contributed by atoms with van der Waals surface area (Å²) in [6.45, 7) is 10.2. The zero-order chi connectivity index (χ0) is 18.3. The van der Waals surface area contributed by atoms with E-state index in [4.69, 9.17) is 4.74 Å². The number of benzene rings is 1. The van der Waals surface area contributed by atoms with Gasteiger partial charge in [-0.1, -0.05) is 12.1 Å². The molecular weight excluding hydrogens is 308 g/mol. The van der Waals surface area contributed by atoms with Gasteiger partial charge in [0, 0.05) is 25.7 Å². The molecule has 0 aromatic heterocycles. The average Bonchev–Trinajstić information content (AvgIpc) is 2.43. The minimum absolute atomic E-state index is 0.0316. The number of aromatic hydroxyl groups is 1. The summed E-state index contributed by atoms with van der Waals surface area (Å²) in [7, 11) is 0. The van der Waals surface area contributed by atoms with E-state index in [2.05, 4.69) is 5.32 Å². The van der Waals surface area contributed by atoms with Crippen molar-refractivity contribution in [3.63, 3.8) is 0 Å². The Morgan fingerprint density at radius 2 is 2.00 bits per heavy atom. The Morgan fingerprint density at radius 1 is 1.33 bits per heavy atom. The van der Waals surface area contributed by atoms with Crippen LogP contribution in [0.2, 0.25) is 0 Å². The molecule has 0 fully saturated rings. The van der Waals surface area contributed by atoms with Crippen LogP contribution in [0.4, 0.5) is 4.79 Å². The Hall–Kier alpha value is -1.79. The zero-order valence-electron chi connectivity index (χ0n) is 15.2. The normalized spacial score (nSPS) is 14.1.